The highest BCUT2D eigenvalue weighted by Gasteiger charge is 2.04. The number of halogens is 2. The monoisotopic (exact) mass is 304 g/mol. The van der Waals surface area contributed by atoms with E-state index >= 15 is 0 Å². The minimum absolute atomic E-state index is 0.739. The summed E-state index contributed by atoms with van der Waals surface area (Å²) in [4.78, 5) is 2.27. The SMILES string of the molecule is COCCNCCN(C)CCc1cc(Cl)ccc1Cl. The molecule has 1 aromatic rings. The molecule has 1 N–H and O–H groups in total. The molecule has 1 rings (SSSR count). The quantitative estimate of drug-likeness (QED) is 0.710. The molecule has 0 radical (unpaired) electrons. The van der Waals surface area contributed by atoms with Crippen molar-refractivity contribution in [2.75, 3.05) is 46.9 Å². The number of methoxy groups -OCH3 is 1. The van der Waals surface area contributed by atoms with Crippen LogP contribution in [0.25, 0.3) is 0 Å². The molecule has 0 aliphatic carbocycles. The highest BCUT2D eigenvalue weighted by molar-refractivity contribution is 6.33. The Labute approximate surface area is 125 Å². The second-order valence-corrected chi connectivity index (χ2v) is 5.38. The molecule has 0 aromatic heterocycles. The summed E-state index contributed by atoms with van der Waals surface area (Å²) < 4.78 is 4.98. The van der Waals surface area contributed by atoms with Gasteiger partial charge in [-0.25, -0.2) is 0 Å². The van der Waals surface area contributed by atoms with Crippen molar-refractivity contribution in [1.29, 1.82) is 0 Å². The molecule has 1 aromatic carbocycles. The largest absolute Gasteiger partial charge is 0.383 e. The van der Waals surface area contributed by atoms with Crippen LogP contribution in [0.4, 0.5) is 0 Å². The van der Waals surface area contributed by atoms with Crippen LogP contribution in [0, 0.1) is 0 Å². The average Bonchev–Trinajstić information content (AvgIpc) is 2.39. The molecule has 3 nitrogen and oxygen atoms in total. The van der Waals surface area contributed by atoms with Crippen molar-refractivity contribution >= 4 is 23.2 Å². The molecule has 0 saturated heterocycles. The highest BCUT2D eigenvalue weighted by Crippen LogP contribution is 2.21. The van der Waals surface area contributed by atoms with Crippen LogP contribution >= 0.6 is 23.2 Å². The van der Waals surface area contributed by atoms with Gasteiger partial charge in [0.25, 0.3) is 0 Å². The van der Waals surface area contributed by atoms with Gasteiger partial charge in [-0.1, -0.05) is 23.2 Å². The first-order valence-electron chi connectivity index (χ1n) is 6.45. The third-order valence-electron chi connectivity index (χ3n) is 2.92. The van der Waals surface area contributed by atoms with E-state index in [1.807, 2.05) is 18.2 Å². The fourth-order valence-electron chi connectivity index (χ4n) is 1.73. The van der Waals surface area contributed by atoms with Crippen LogP contribution in [-0.2, 0) is 11.2 Å². The second kappa shape index (κ2) is 9.56. The topological polar surface area (TPSA) is 24.5 Å². The Bertz CT molecular complexity index is 374. The van der Waals surface area contributed by atoms with Crippen LogP contribution in [0.15, 0.2) is 18.2 Å². The molecule has 0 unspecified atom stereocenters. The van der Waals surface area contributed by atoms with Gasteiger partial charge in [0, 0.05) is 43.3 Å². The van der Waals surface area contributed by atoms with E-state index in [2.05, 4.69) is 17.3 Å². The van der Waals surface area contributed by atoms with Crippen molar-refractivity contribution in [3.8, 4) is 0 Å². The molecule has 5 heteroatoms. The Kier molecular flexibility index (Phi) is 8.42. The van der Waals surface area contributed by atoms with Gasteiger partial charge in [0.05, 0.1) is 6.61 Å². The molecular weight excluding hydrogens is 283 g/mol. The van der Waals surface area contributed by atoms with Gasteiger partial charge in [0.1, 0.15) is 0 Å². The van der Waals surface area contributed by atoms with Crippen LogP contribution < -0.4 is 5.32 Å². The van der Waals surface area contributed by atoms with E-state index < -0.39 is 0 Å². The molecule has 0 bridgehead atoms. The Morgan fingerprint density at radius 3 is 2.74 bits per heavy atom. The molecule has 0 aliphatic rings. The van der Waals surface area contributed by atoms with Crippen molar-refractivity contribution < 1.29 is 4.74 Å². The van der Waals surface area contributed by atoms with Crippen LogP contribution in [0.3, 0.4) is 0 Å². The lowest BCUT2D eigenvalue weighted by Gasteiger charge is -2.17. The minimum Gasteiger partial charge on any atom is -0.383 e. The fourth-order valence-corrected chi connectivity index (χ4v) is 2.13. The summed E-state index contributed by atoms with van der Waals surface area (Å²) >= 11 is 12.1. The van der Waals surface area contributed by atoms with Gasteiger partial charge in [0.15, 0.2) is 0 Å². The van der Waals surface area contributed by atoms with E-state index in [1.54, 1.807) is 7.11 Å². The second-order valence-electron chi connectivity index (χ2n) is 4.53. The molecule has 0 heterocycles. The fraction of sp³-hybridized carbons (Fsp3) is 0.571. The summed E-state index contributed by atoms with van der Waals surface area (Å²) in [6.07, 6.45) is 0.911. The summed E-state index contributed by atoms with van der Waals surface area (Å²) in [6.45, 7) is 4.57. The Hall–Kier alpha value is -0.320. The normalized spacial score (nSPS) is 11.2. The van der Waals surface area contributed by atoms with E-state index in [4.69, 9.17) is 27.9 Å². The van der Waals surface area contributed by atoms with E-state index in [1.165, 1.54) is 0 Å². The van der Waals surface area contributed by atoms with Gasteiger partial charge in [-0.15, -0.1) is 0 Å². The Balaban J connectivity index is 2.22. The zero-order valence-electron chi connectivity index (χ0n) is 11.6. The van der Waals surface area contributed by atoms with Crippen molar-refractivity contribution in [1.82, 2.24) is 10.2 Å². The van der Waals surface area contributed by atoms with Crippen LogP contribution in [0.5, 0.6) is 0 Å². The maximum Gasteiger partial charge on any atom is 0.0587 e. The number of ether oxygens (including phenoxy) is 1. The number of nitrogens with zero attached hydrogens (tertiary/aromatic N) is 1. The smallest absolute Gasteiger partial charge is 0.0587 e. The van der Waals surface area contributed by atoms with E-state index in [-0.39, 0.29) is 0 Å². The summed E-state index contributed by atoms with van der Waals surface area (Å²) in [5, 5.41) is 4.85. The molecule has 19 heavy (non-hydrogen) atoms. The molecule has 0 fully saturated rings. The molecule has 0 atom stereocenters. The predicted octanol–water partition coefficient (Wildman–Crippen LogP) is 2.70. The standard InChI is InChI=1S/C14H22Cl2N2O/c1-18(9-6-17-7-10-19-2)8-5-12-11-13(15)3-4-14(12)16/h3-4,11,17H,5-10H2,1-2H3. The lowest BCUT2D eigenvalue weighted by Crippen LogP contribution is -2.32. The number of rotatable bonds is 9. The third kappa shape index (κ3) is 7.14. The van der Waals surface area contributed by atoms with Crippen LogP contribution in [0.1, 0.15) is 5.56 Å². The summed E-state index contributed by atoms with van der Waals surface area (Å²) in [5.41, 5.74) is 1.10. The lowest BCUT2D eigenvalue weighted by atomic mass is 10.1. The van der Waals surface area contributed by atoms with Gasteiger partial charge in [0.2, 0.25) is 0 Å². The maximum absolute atomic E-state index is 6.14. The van der Waals surface area contributed by atoms with E-state index in [0.717, 1.165) is 54.8 Å². The molecule has 108 valence electrons. The number of hydrogen-bond donors (Lipinski definition) is 1. The molecule has 0 aliphatic heterocycles. The number of likely N-dealkylation sites (N-methyl/N-ethyl adjacent to an activating group) is 1. The molecular formula is C14H22Cl2N2O. The van der Waals surface area contributed by atoms with Crippen LogP contribution in [0.2, 0.25) is 10.0 Å². The van der Waals surface area contributed by atoms with Gasteiger partial charge >= 0.3 is 0 Å². The van der Waals surface area contributed by atoms with Gasteiger partial charge < -0.3 is 15.0 Å². The molecule has 0 spiro atoms. The number of hydrogen-bond acceptors (Lipinski definition) is 3. The first-order chi connectivity index (χ1) is 9.13. The molecule has 0 amide bonds. The summed E-state index contributed by atoms with van der Waals surface area (Å²) in [6, 6.07) is 5.61. The third-order valence-corrected chi connectivity index (χ3v) is 3.53. The highest BCUT2D eigenvalue weighted by atomic mass is 35.5. The average molecular weight is 305 g/mol. The van der Waals surface area contributed by atoms with Gasteiger partial charge in [-0.3, -0.25) is 0 Å². The first kappa shape index (κ1) is 16.7. The minimum atomic E-state index is 0.739. The van der Waals surface area contributed by atoms with E-state index in [9.17, 15) is 0 Å². The maximum atomic E-state index is 6.14. The van der Waals surface area contributed by atoms with Gasteiger partial charge in [-0.2, -0.15) is 0 Å². The van der Waals surface area contributed by atoms with Crippen LogP contribution in [-0.4, -0.2) is 51.8 Å². The lowest BCUT2D eigenvalue weighted by molar-refractivity contribution is 0.198. The van der Waals surface area contributed by atoms with Gasteiger partial charge in [-0.05, 0) is 37.2 Å². The predicted molar refractivity (Wildman–Crippen MR) is 82.4 cm³/mol. The van der Waals surface area contributed by atoms with Crippen molar-refractivity contribution in [3.63, 3.8) is 0 Å². The van der Waals surface area contributed by atoms with Crippen molar-refractivity contribution in [2.45, 2.75) is 6.42 Å². The zero-order chi connectivity index (χ0) is 14.1. The molecule has 0 saturated carbocycles. The number of nitrogens with one attached hydrogen (secondary N) is 1. The number of benzene rings is 1. The Morgan fingerprint density at radius 1 is 1.21 bits per heavy atom. The summed E-state index contributed by atoms with van der Waals surface area (Å²) in [7, 11) is 3.82. The first-order valence-corrected chi connectivity index (χ1v) is 7.21. The Morgan fingerprint density at radius 2 is 2.00 bits per heavy atom. The van der Waals surface area contributed by atoms with Crippen molar-refractivity contribution in [3.05, 3.63) is 33.8 Å². The zero-order valence-corrected chi connectivity index (χ0v) is 13.1. The van der Waals surface area contributed by atoms with Crippen molar-refractivity contribution in [2.24, 2.45) is 0 Å². The van der Waals surface area contributed by atoms with E-state index in [0.29, 0.717) is 0 Å². The summed E-state index contributed by atoms with van der Waals surface area (Å²) in [5.74, 6) is 0.